The highest BCUT2D eigenvalue weighted by molar-refractivity contribution is 7.22. The van der Waals surface area contributed by atoms with Gasteiger partial charge in [-0.15, -0.1) is 0 Å². The van der Waals surface area contributed by atoms with E-state index < -0.39 is 17.7 Å². The number of carbonyl (C=O) groups is 2. The van der Waals surface area contributed by atoms with Gasteiger partial charge in [-0.05, 0) is 73.4 Å². The third kappa shape index (κ3) is 5.16. The Morgan fingerprint density at radius 1 is 1.05 bits per heavy atom. The lowest BCUT2D eigenvalue weighted by Gasteiger charge is -2.24. The molecule has 0 bridgehead atoms. The second-order valence-corrected chi connectivity index (χ2v) is 11.6. The number of thiazole rings is 1. The van der Waals surface area contributed by atoms with Crippen LogP contribution in [0.5, 0.6) is 23.0 Å². The minimum Gasteiger partial charge on any atom is -0.507 e. The third-order valence-corrected chi connectivity index (χ3v) is 8.55. The number of carbonyl (C=O) groups excluding carboxylic acids is 2. The van der Waals surface area contributed by atoms with Gasteiger partial charge in [0.1, 0.15) is 19.0 Å². The molecule has 1 amide bonds. The lowest BCUT2D eigenvalue weighted by atomic mass is 9.95. The Morgan fingerprint density at radius 2 is 1.84 bits per heavy atom. The molecule has 0 spiro atoms. The number of ether oxygens (including phenoxy) is 4. The molecule has 3 aromatic carbocycles. The van der Waals surface area contributed by atoms with Crippen molar-refractivity contribution in [3.63, 3.8) is 0 Å². The molecule has 3 heterocycles. The topological polar surface area (TPSA) is 107 Å². The minimum absolute atomic E-state index is 0.0597. The number of aryl methyl sites for hydroxylation is 2. The van der Waals surface area contributed by atoms with Gasteiger partial charge in [0.25, 0.3) is 5.78 Å². The maximum atomic E-state index is 13.8. The van der Waals surface area contributed by atoms with Crippen molar-refractivity contribution in [1.29, 1.82) is 0 Å². The molecule has 0 saturated carbocycles. The summed E-state index contributed by atoms with van der Waals surface area (Å²) in [7, 11) is 1.54. The van der Waals surface area contributed by atoms with Crippen LogP contribution in [0.15, 0.2) is 54.1 Å². The zero-order valence-corrected chi connectivity index (χ0v) is 25.2. The number of amides is 1. The van der Waals surface area contributed by atoms with Crippen LogP contribution < -0.4 is 23.8 Å². The molecule has 1 aromatic heterocycles. The van der Waals surface area contributed by atoms with Crippen molar-refractivity contribution in [3.05, 3.63) is 76.4 Å². The van der Waals surface area contributed by atoms with Crippen LogP contribution in [0.25, 0.3) is 16.0 Å². The van der Waals surface area contributed by atoms with E-state index in [2.05, 4.69) is 6.92 Å². The van der Waals surface area contributed by atoms with Crippen molar-refractivity contribution < 1.29 is 33.6 Å². The summed E-state index contributed by atoms with van der Waals surface area (Å²) < 4.78 is 23.8. The van der Waals surface area contributed by atoms with Crippen molar-refractivity contribution >= 4 is 44.1 Å². The van der Waals surface area contributed by atoms with Gasteiger partial charge >= 0.3 is 5.91 Å². The third-order valence-electron chi connectivity index (χ3n) is 7.54. The normalized spacial score (nSPS) is 17.5. The maximum absolute atomic E-state index is 13.8. The monoisotopic (exact) mass is 600 g/mol. The summed E-state index contributed by atoms with van der Waals surface area (Å²) in [5, 5.41) is 12.0. The van der Waals surface area contributed by atoms with Crippen molar-refractivity contribution in [3.8, 4) is 23.0 Å². The molecule has 4 aromatic rings. The summed E-state index contributed by atoms with van der Waals surface area (Å²) >= 11 is 1.33. The fraction of sp³-hybridized carbons (Fsp3) is 0.303. The zero-order chi connectivity index (χ0) is 30.2. The Bertz CT molecular complexity index is 1780. The summed E-state index contributed by atoms with van der Waals surface area (Å²) in [6.45, 7) is 7.37. The largest absolute Gasteiger partial charge is 0.507 e. The number of ketones is 1. The van der Waals surface area contributed by atoms with Crippen molar-refractivity contribution in [2.45, 2.75) is 39.7 Å². The fourth-order valence-corrected chi connectivity index (χ4v) is 6.62. The summed E-state index contributed by atoms with van der Waals surface area (Å²) in [5.74, 6) is 0.0882. The van der Waals surface area contributed by atoms with Gasteiger partial charge in [0, 0.05) is 5.56 Å². The molecule has 10 heteroatoms. The van der Waals surface area contributed by atoms with E-state index >= 15 is 0 Å². The van der Waals surface area contributed by atoms with Crippen molar-refractivity contribution in [2.75, 3.05) is 31.8 Å². The number of hydrogen-bond donors (Lipinski definition) is 1. The van der Waals surface area contributed by atoms with Crippen LogP contribution in [0.1, 0.15) is 48.1 Å². The molecule has 222 valence electrons. The van der Waals surface area contributed by atoms with Gasteiger partial charge in [0.05, 0.1) is 35.5 Å². The van der Waals surface area contributed by atoms with E-state index in [0.29, 0.717) is 59.1 Å². The Balaban J connectivity index is 1.52. The van der Waals surface area contributed by atoms with Crippen LogP contribution >= 0.6 is 11.3 Å². The smallest absolute Gasteiger partial charge is 0.301 e. The summed E-state index contributed by atoms with van der Waals surface area (Å²) in [6, 6.07) is 13.3. The molecule has 9 nitrogen and oxygen atoms in total. The number of fused-ring (bicyclic) bond motifs is 2. The van der Waals surface area contributed by atoms with Gasteiger partial charge in [-0.25, -0.2) is 4.98 Å². The lowest BCUT2D eigenvalue weighted by molar-refractivity contribution is -0.132. The number of Topliss-reactive ketones (excluding diaryl/α,β-unsaturated/α-hetero) is 1. The highest BCUT2D eigenvalue weighted by Gasteiger charge is 2.48. The summed E-state index contributed by atoms with van der Waals surface area (Å²) in [4.78, 5) is 33.7. The molecule has 1 fully saturated rings. The van der Waals surface area contributed by atoms with Gasteiger partial charge in [-0.1, -0.05) is 36.8 Å². The molecular formula is C33H32N2O7S. The number of aromatic nitrogens is 1. The first kappa shape index (κ1) is 28.5. The van der Waals surface area contributed by atoms with Gasteiger partial charge in [0.2, 0.25) is 0 Å². The van der Waals surface area contributed by atoms with Crippen LogP contribution in [0, 0.1) is 13.8 Å². The molecule has 0 radical (unpaired) electrons. The first-order chi connectivity index (χ1) is 20.8. The van der Waals surface area contributed by atoms with Gasteiger partial charge in [-0.2, -0.15) is 0 Å². The maximum Gasteiger partial charge on any atom is 0.301 e. The molecular weight excluding hydrogens is 568 g/mol. The number of nitrogens with zero attached hydrogens (tertiary/aromatic N) is 2. The molecule has 2 aliphatic rings. The average molecular weight is 601 g/mol. The van der Waals surface area contributed by atoms with Gasteiger partial charge in [-0.3, -0.25) is 14.5 Å². The first-order valence-corrected chi connectivity index (χ1v) is 15.0. The van der Waals surface area contributed by atoms with E-state index in [1.807, 2.05) is 26.0 Å². The number of benzene rings is 3. The van der Waals surface area contributed by atoms with Crippen LogP contribution in [0.4, 0.5) is 5.13 Å². The van der Waals surface area contributed by atoms with Crippen LogP contribution in [0.3, 0.4) is 0 Å². The van der Waals surface area contributed by atoms with Crippen molar-refractivity contribution in [1.82, 2.24) is 4.98 Å². The second kappa shape index (κ2) is 11.6. The van der Waals surface area contributed by atoms with Crippen LogP contribution in [-0.2, 0) is 9.59 Å². The Kier molecular flexibility index (Phi) is 7.70. The molecule has 6 rings (SSSR count). The molecule has 43 heavy (non-hydrogen) atoms. The molecule has 2 aliphatic heterocycles. The molecule has 1 N–H and O–H groups in total. The number of aliphatic hydroxyl groups excluding tert-OH is 1. The van der Waals surface area contributed by atoms with E-state index in [1.165, 1.54) is 23.3 Å². The van der Waals surface area contributed by atoms with Crippen molar-refractivity contribution in [2.24, 2.45) is 0 Å². The highest BCUT2D eigenvalue weighted by Crippen LogP contribution is 2.47. The molecule has 1 saturated heterocycles. The molecule has 0 unspecified atom stereocenters. The SMILES string of the molecule is CCCCOc1ccc([C@H]2/C(=C(\O)c3ccc4c(c3)OCCO4)C(=O)C(=O)N2c2nc3c(C)cc(C)cc3s2)cc1OC. The number of aliphatic hydroxyl groups is 1. The molecule has 1 atom stereocenters. The zero-order valence-electron chi connectivity index (χ0n) is 24.4. The van der Waals surface area contributed by atoms with E-state index in [1.54, 1.807) is 36.4 Å². The number of unbranched alkanes of at least 4 members (excludes halogenated alkanes) is 1. The minimum atomic E-state index is -0.978. The number of hydrogen-bond acceptors (Lipinski definition) is 9. The molecule has 0 aliphatic carbocycles. The first-order valence-electron chi connectivity index (χ1n) is 14.2. The number of methoxy groups -OCH3 is 1. The summed E-state index contributed by atoms with van der Waals surface area (Å²) in [5.41, 5.74) is 3.63. The van der Waals surface area contributed by atoms with E-state index in [-0.39, 0.29) is 11.3 Å². The number of anilines is 1. The highest BCUT2D eigenvalue weighted by atomic mass is 32.1. The second-order valence-electron chi connectivity index (χ2n) is 10.6. The fourth-order valence-electron chi connectivity index (χ4n) is 5.45. The quantitative estimate of drug-likeness (QED) is 0.106. The van der Waals surface area contributed by atoms with E-state index in [0.717, 1.165) is 34.2 Å². The van der Waals surface area contributed by atoms with Gasteiger partial charge in [0.15, 0.2) is 28.1 Å². The summed E-state index contributed by atoms with van der Waals surface area (Å²) in [6.07, 6.45) is 1.87. The number of rotatable bonds is 8. The van der Waals surface area contributed by atoms with E-state index in [4.69, 9.17) is 23.9 Å². The van der Waals surface area contributed by atoms with Crippen LogP contribution in [0.2, 0.25) is 0 Å². The standard InChI is InChI=1S/C33H32N2O7S/c1-5-6-11-40-22-9-7-20(16-24(22)39-4)29-27(30(36)21-8-10-23-25(17-21)42-13-12-41-23)31(37)32(38)35(29)33-34-28-19(3)14-18(2)15-26(28)43-33/h7-10,14-17,29,36H,5-6,11-13H2,1-4H3/b30-27+/t29-/m0/s1. The van der Waals surface area contributed by atoms with Crippen LogP contribution in [-0.4, -0.2) is 48.7 Å². The predicted molar refractivity (Wildman–Crippen MR) is 165 cm³/mol. The predicted octanol–water partition coefficient (Wildman–Crippen LogP) is 6.50. The lowest BCUT2D eigenvalue weighted by Crippen LogP contribution is -2.29. The Labute approximate surface area is 253 Å². The van der Waals surface area contributed by atoms with Gasteiger partial charge < -0.3 is 24.1 Å². The Hall–Kier alpha value is -4.57. The van der Waals surface area contributed by atoms with E-state index in [9.17, 15) is 14.7 Å². The Morgan fingerprint density at radius 3 is 2.60 bits per heavy atom. The average Bonchev–Trinajstić information content (AvgIpc) is 3.55.